The van der Waals surface area contributed by atoms with Gasteiger partial charge in [-0.2, -0.15) is 0 Å². The van der Waals surface area contributed by atoms with Gasteiger partial charge in [0, 0.05) is 39.1 Å². The third-order valence-corrected chi connectivity index (χ3v) is 5.35. The summed E-state index contributed by atoms with van der Waals surface area (Å²) in [5.74, 6) is 0.0911. The minimum atomic E-state index is -0.0554. The fraction of sp³-hybridized carbons (Fsp3) is 0.550. The monoisotopic (exact) mass is 404 g/mol. The lowest BCUT2D eigenvalue weighted by molar-refractivity contribution is -0.121. The molecule has 0 unspecified atom stereocenters. The molecule has 0 saturated carbocycles. The van der Waals surface area contributed by atoms with Gasteiger partial charge < -0.3 is 15.0 Å². The van der Waals surface area contributed by atoms with E-state index in [9.17, 15) is 9.59 Å². The van der Waals surface area contributed by atoms with Crippen LogP contribution in [-0.2, 0) is 16.1 Å². The van der Waals surface area contributed by atoms with Crippen LogP contribution in [0.25, 0.3) is 10.9 Å². The number of fused-ring (bicyclic) bond motifs is 1. The smallest absolute Gasteiger partial charge is 0.262 e. The van der Waals surface area contributed by atoms with E-state index < -0.39 is 0 Å². The quantitative estimate of drug-likeness (QED) is 0.494. The van der Waals surface area contributed by atoms with E-state index in [4.69, 9.17) is 17.0 Å². The number of aromatic amines is 1. The molecule has 1 aliphatic heterocycles. The predicted molar refractivity (Wildman–Crippen MR) is 112 cm³/mol. The van der Waals surface area contributed by atoms with Gasteiger partial charge in [-0.1, -0.05) is 18.6 Å². The second-order valence-corrected chi connectivity index (χ2v) is 7.43. The molecule has 1 aromatic carbocycles. The number of morpholine rings is 1. The highest BCUT2D eigenvalue weighted by atomic mass is 32.1. The molecule has 2 aromatic rings. The summed E-state index contributed by atoms with van der Waals surface area (Å²) in [6, 6.07) is 7.39. The Hall–Kier alpha value is -2.03. The van der Waals surface area contributed by atoms with Gasteiger partial charge in [-0.15, -0.1) is 0 Å². The summed E-state index contributed by atoms with van der Waals surface area (Å²) in [5, 5.41) is 3.63. The zero-order valence-electron chi connectivity index (χ0n) is 16.1. The molecule has 2 N–H and O–H groups in total. The molecule has 28 heavy (non-hydrogen) atoms. The molecule has 1 aliphatic rings. The van der Waals surface area contributed by atoms with E-state index in [-0.39, 0.29) is 11.5 Å². The molecular weight excluding hydrogens is 376 g/mol. The van der Waals surface area contributed by atoms with Crippen molar-refractivity contribution in [2.75, 3.05) is 39.4 Å². The lowest BCUT2D eigenvalue weighted by Crippen LogP contribution is -2.41. The number of hydrogen-bond donors (Lipinski definition) is 2. The third-order valence-electron chi connectivity index (χ3n) is 5.03. The van der Waals surface area contributed by atoms with Crippen LogP contribution < -0.4 is 10.9 Å². The number of ether oxygens (including phenoxy) is 1. The number of hydrogen-bond acceptors (Lipinski definition) is 5. The van der Waals surface area contributed by atoms with Crippen LogP contribution in [0, 0.1) is 4.77 Å². The van der Waals surface area contributed by atoms with Crippen molar-refractivity contribution in [2.24, 2.45) is 0 Å². The molecule has 1 saturated heterocycles. The first-order valence-corrected chi connectivity index (χ1v) is 10.3. The number of unbranched alkanes of at least 4 members (excludes halogenated alkanes) is 2. The maximum Gasteiger partial charge on any atom is 0.262 e. The molecule has 0 radical (unpaired) electrons. The van der Waals surface area contributed by atoms with Crippen molar-refractivity contribution in [3.05, 3.63) is 39.4 Å². The van der Waals surface area contributed by atoms with Gasteiger partial charge in [0.25, 0.3) is 5.56 Å². The number of amides is 1. The summed E-state index contributed by atoms with van der Waals surface area (Å²) in [6.45, 7) is 5.55. The van der Waals surface area contributed by atoms with E-state index in [0.29, 0.717) is 29.7 Å². The normalized spacial score (nSPS) is 15.0. The molecule has 2 heterocycles. The highest BCUT2D eigenvalue weighted by Crippen LogP contribution is 2.07. The highest BCUT2D eigenvalue weighted by molar-refractivity contribution is 7.71. The van der Waals surface area contributed by atoms with Crippen LogP contribution in [0.5, 0.6) is 0 Å². The first kappa shape index (κ1) is 20.7. The zero-order valence-corrected chi connectivity index (χ0v) is 16.9. The molecule has 3 rings (SSSR count). The number of carbonyl (C=O) groups is 1. The van der Waals surface area contributed by atoms with Crippen LogP contribution in [0.15, 0.2) is 29.1 Å². The Labute approximate surface area is 169 Å². The van der Waals surface area contributed by atoms with E-state index in [0.717, 1.165) is 57.6 Å². The second-order valence-electron chi connectivity index (χ2n) is 7.05. The van der Waals surface area contributed by atoms with Crippen molar-refractivity contribution >= 4 is 29.0 Å². The molecule has 0 aliphatic carbocycles. The van der Waals surface area contributed by atoms with Gasteiger partial charge in [0.15, 0.2) is 4.77 Å². The van der Waals surface area contributed by atoms with Crippen molar-refractivity contribution in [1.29, 1.82) is 0 Å². The summed E-state index contributed by atoms with van der Waals surface area (Å²) in [5.41, 5.74) is 0.711. The maximum absolute atomic E-state index is 12.6. The molecule has 7 nitrogen and oxygen atoms in total. The van der Waals surface area contributed by atoms with Gasteiger partial charge in [-0.05, 0) is 37.2 Å². The number of carbonyl (C=O) groups excluding carboxylic acids is 1. The van der Waals surface area contributed by atoms with Gasteiger partial charge in [-0.3, -0.25) is 19.1 Å². The molecule has 0 bridgehead atoms. The van der Waals surface area contributed by atoms with Crippen LogP contribution >= 0.6 is 12.2 Å². The molecule has 1 fully saturated rings. The van der Waals surface area contributed by atoms with E-state index in [1.165, 1.54) is 0 Å². The lowest BCUT2D eigenvalue weighted by atomic mass is 10.2. The van der Waals surface area contributed by atoms with Crippen LogP contribution in [0.1, 0.15) is 25.7 Å². The largest absolute Gasteiger partial charge is 0.379 e. The average Bonchev–Trinajstić information content (AvgIpc) is 2.71. The number of nitrogens with one attached hydrogen (secondary N) is 2. The molecule has 1 amide bonds. The van der Waals surface area contributed by atoms with Crippen molar-refractivity contribution in [3.63, 3.8) is 0 Å². The minimum Gasteiger partial charge on any atom is -0.379 e. The van der Waals surface area contributed by atoms with Gasteiger partial charge in [0.05, 0.1) is 24.1 Å². The Kier molecular flexibility index (Phi) is 7.76. The summed E-state index contributed by atoms with van der Waals surface area (Å²) >= 11 is 5.32. The average molecular weight is 405 g/mol. The highest BCUT2D eigenvalue weighted by Gasteiger charge is 2.10. The summed E-state index contributed by atoms with van der Waals surface area (Å²) in [4.78, 5) is 29.9. The Balaban J connectivity index is 1.35. The third kappa shape index (κ3) is 5.73. The van der Waals surface area contributed by atoms with Gasteiger partial charge in [0.2, 0.25) is 5.91 Å². The molecule has 152 valence electrons. The van der Waals surface area contributed by atoms with E-state index in [1.54, 1.807) is 10.6 Å². The number of H-pyrrole nitrogens is 1. The molecule has 1 aromatic heterocycles. The molecule has 0 spiro atoms. The first-order chi connectivity index (χ1) is 13.6. The number of aromatic nitrogens is 2. The van der Waals surface area contributed by atoms with Crippen LogP contribution in [0.4, 0.5) is 0 Å². The zero-order chi connectivity index (χ0) is 19.8. The summed E-state index contributed by atoms with van der Waals surface area (Å²) in [7, 11) is 0. The topological polar surface area (TPSA) is 79.4 Å². The van der Waals surface area contributed by atoms with Gasteiger partial charge >= 0.3 is 0 Å². The van der Waals surface area contributed by atoms with Gasteiger partial charge in [-0.25, -0.2) is 0 Å². The Morgan fingerprint density at radius 1 is 1.14 bits per heavy atom. The first-order valence-electron chi connectivity index (χ1n) is 9.94. The van der Waals surface area contributed by atoms with Crippen LogP contribution in [0.3, 0.4) is 0 Å². The van der Waals surface area contributed by atoms with Crippen LogP contribution in [-0.4, -0.2) is 59.8 Å². The minimum absolute atomic E-state index is 0.0554. The fourth-order valence-corrected chi connectivity index (χ4v) is 3.69. The maximum atomic E-state index is 12.6. The Bertz CT molecular complexity index is 902. The number of para-hydroxylation sites is 1. The van der Waals surface area contributed by atoms with E-state index >= 15 is 0 Å². The van der Waals surface area contributed by atoms with E-state index in [1.807, 2.05) is 18.2 Å². The summed E-state index contributed by atoms with van der Waals surface area (Å²) < 4.78 is 7.37. The van der Waals surface area contributed by atoms with Gasteiger partial charge in [0.1, 0.15) is 0 Å². The van der Waals surface area contributed by atoms with Crippen molar-refractivity contribution in [2.45, 2.75) is 32.2 Å². The van der Waals surface area contributed by atoms with Crippen molar-refractivity contribution in [3.8, 4) is 0 Å². The molecule has 8 heteroatoms. The van der Waals surface area contributed by atoms with Crippen molar-refractivity contribution in [1.82, 2.24) is 19.8 Å². The Morgan fingerprint density at radius 3 is 2.75 bits per heavy atom. The fourth-order valence-electron chi connectivity index (χ4n) is 3.40. The van der Waals surface area contributed by atoms with Crippen LogP contribution in [0.2, 0.25) is 0 Å². The lowest BCUT2D eigenvalue weighted by Gasteiger charge is -2.26. The summed E-state index contributed by atoms with van der Waals surface area (Å²) in [6.07, 6.45) is 3.02. The predicted octanol–water partition coefficient (Wildman–Crippen LogP) is 2.07. The van der Waals surface area contributed by atoms with Crippen molar-refractivity contribution < 1.29 is 9.53 Å². The standard InChI is InChI=1S/C20H28N4O3S/c25-18(21-9-11-23-12-14-27-15-13-23)8-2-1-5-10-24-19(26)16-6-3-4-7-17(16)22-20(24)28/h3-4,6-7H,1-2,5,8-15H2,(H,21,25)(H,22,28). The number of benzene rings is 1. The second kappa shape index (κ2) is 10.5. The number of rotatable bonds is 9. The van der Waals surface area contributed by atoms with E-state index in [2.05, 4.69) is 15.2 Å². The number of nitrogens with zero attached hydrogens (tertiary/aromatic N) is 2. The molecule has 0 atom stereocenters. The molecular formula is C20H28N4O3S. The Morgan fingerprint density at radius 2 is 1.93 bits per heavy atom. The SMILES string of the molecule is O=C(CCCCCn1c(=S)[nH]c2ccccc2c1=O)NCCN1CCOCC1.